The van der Waals surface area contributed by atoms with Gasteiger partial charge in [-0.25, -0.2) is 0 Å². The lowest BCUT2D eigenvalue weighted by molar-refractivity contribution is -0.0291. The van der Waals surface area contributed by atoms with Crippen molar-refractivity contribution < 1.29 is 71.2 Å². The lowest BCUT2D eigenvalue weighted by Gasteiger charge is -2.13. The van der Waals surface area contributed by atoms with Crippen LogP contribution in [0.15, 0.2) is 24.3 Å². The molecule has 2 rings (SSSR count). The molecule has 0 N–H and O–H groups in total. The molecule has 1 heterocycles. The van der Waals surface area contributed by atoms with Gasteiger partial charge in [-0.3, -0.25) is 14.5 Å². The van der Waals surface area contributed by atoms with E-state index in [4.69, 9.17) is 61.6 Å². The molecule has 0 fully saturated rings. The molecule has 0 radical (unpaired) electrons. The Morgan fingerprint density at radius 3 is 0.769 bits per heavy atom. The highest BCUT2D eigenvalue weighted by molar-refractivity contribution is 6.21. The number of ether oxygens (including phenoxy) is 13. The molecule has 0 aromatic heterocycles. The molecular weight excluding hydrogens is 843 g/mol. The van der Waals surface area contributed by atoms with Crippen LogP contribution in [0.4, 0.5) is 0 Å². The summed E-state index contributed by atoms with van der Waals surface area (Å²) in [6.07, 6.45) is 17.7. The molecule has 2 amide bonds. The topological polar surface area (TPSA) is 157 Å². The van der Waals surface area contributed by atoms with E-state index in [1.54, 1.807) is 24.3 Å². The van der Waals surface area contributed by atoms with Crippen molar-refractivity contribution in [1.82, 2.24) is 4.90 Å². The lowest BCUT2D eigenvalue weighted by Crippen LogP contribution is -2.33. The zero-order chi connectivity index (χ0) is 46.2. The third-order valence-electron chi connectivity index (χ3n) is 10.2. The van der Waals surface area contributed by atoms with E-state index in [2.05, 4.69) is 6.92 Å². The first kappa shape index (κ1) is 59.0. The Morgan fingerprint density at radius 2 is 0.508 bits per heavy atom. The van der Waals surface area contributed by atoms with E-state index in [1.165, 1.54) is 81.9 Å². The first-order chi connectivity index (χ1) is 32.3. The molecule has 0 aliphatic carbocycles. The molecule has 0 saturated carbocycles. The molecule has 378 valence electrons. The molecular formula is C49H87NO15. The molecule has 0 spiro atoms. The summed E-state index contributed by atoms with van der Waals surface area (Å²) in [5.41, 5.74) is 0.883. The number of hydrogen-bond donors (Lipinski definition) is 0. The van der Waals surface area contributed by atoms with Gasteiger partial charge in [0, 0.05) is 6.61 Å². The monoisotopic (exact) mass is 930 g/mol. The van der Waals surface area contributed by atoms with Crippen molar-refractivity contribution in [2.75, 3.05) is 178 Å². The van der Waals surface area contributed by atoms with Gasteiger partial charge in [0.15, 0.2) is 0 Å². The number of nitrogens with zero attached hydrogens (tertiary/aromatic N) is 1. The number of carbonyl (C=O) groups is 2. The van der Waals surface area contributed by atoms with Gasteiger partial charge in [0.25, 0.3) is 11.8 Å². The van der Waals surface area contributed by atoms with Gasteiger partial charge in [-0.05, 0) is 18.6 Å². The van der Waals surface area contributed by atoms with E-state index >= 15 is 0 Å². The number of benzene rings is 1. The van der Waals surface area contributed by atoms with Crippen molar-refractivity contribution in [2.24, 2.45) is 0 Å². The second-order valence-corrected chi connectivity index (χ2v) is 15.5. The minimum absolute atomic E-state index is 0.213. The summed E-state index contributed by atoms with van der Waals surface area (Å²) in [6, 6.07) is 6.83. The molecule has 0 atom stereocenters. The average molecular weight is 930 g/mol. The molecule has 0 bridgehead atoms. The number of fused-ring (bicyclic) bond motifs is 1. The van der Waals surface area contributed by atoms with Crippen molar-refractivity contribution in [1.29, 1.82) is 0 Å². The standard InChI is InChI=1S/C49H87NO15/c1-2-3-4-5-6-7-8-9-10-11-12-13-16-20-53-22-24-55-26-28-57-30-32-59-34-36-61-38-40-63-42-44-65-45-43-64-41-39-62-37-35-60-33-31-58-29-27-56-25-23-54-21-19-50-48(51)46-17-14-15-18-47(46)49(50)52/h14-15,17-18H,2-13,16,19-45H2,1H3. The minimum atomic E-state index is -0.278. The van der Waals surface area contributed by atoms with E-state index < -0.39 is 0 Å². The van der Waals surface area contributed by atoms with Gasteiger partial charge in [-0.2, -0.15) is 0 Å². The van der Waals surface area contributed by atoms with Crippen LogP contribution in [0.2, 0.25) is 0 Å². The van der Waals surface area contributed by atoms with Crippen LogP contribution >= 0.6 is 0 Å². The third-order valence-corrected chi connectivity index (χ3v) is 10.2. The van der Waals surface area contributed by atoms with E-state index in [0.29, 0.717) is 170 Å². The molecule has 1 aliphatic heterocycles. The number of carbonyl (C=O) groups excluding carboxylic acids is 2. The van der Waals surface area contributed by atoms with Gasteiger partial charge in [-0.1, -0.05) is 96.1 Å². The summed E-state index contributed by atoms with van der Waals surface area (Å²) in [5.74, 6) is -0.556. The lowest BCUT2D eigenvalue weighted by atomic mass is 10.0. The van der Waals surface area contributed by atoms with Gasteiger partial charge in [-0.15, -0.1) is 0 Å². The molecule has 0 unspecified atom stereocenters. The Labute approximate surface area is 391 Å². The van der Waals surface area contributed by atoms with Crippen molar-refractivity contribution in [2.45, 2.75) is 90.4 Å². The first-order valence-electron chi connectivity index (χ1n) is 24.7. The van der Waals surface area contributed by atoms with Crippen LogP contribution in [-0.4, -0.2) is 195 Å². The van der Waals surface area contributed by atoms with Crippen molar-refractivity contribution in [3.63, 3.8) is 0 Å². The van der Waals surface area contributed by atoms with E-state index in [-0.39, 0.29) is 25.0 Å². The summed E-state index contributed by atoms with van der Waals surface area (Å²) in [4.78, 5) is 25.9. The molecule has 1 aliphatic rings. The molecule has 16 nitrogen and oxygen atoms in total. The Balaban J connectivity index is 1.12. The summed E-state index contributed by atoms with van der Waals surface area (Å²) in [5, 5.41) is 0. The Morgan fingerprint density at radius 1 is 0.292 bits per heavy atom. The van der Waals surface area contributed by atoms with E-state index in [0.717, 1.165) is 13.0 Å². The van der Waals surface area contributed by atoms with Crippen LogP contribution in [0, 0.1) is 0 Å². The van der Waals surface area contributed by atoms with Crippen LogP contribution in [-0.2, 0) is 61.6 Å². The van der Waals surface area contributed by atoms with Crippen LogP contribution in [0.1, 0.15) is 111 Å². The van der Waals surface area contributed by atoms with E-state index in [1.807, 2.05) is 0 Å². The maximum Gasteiger partial charge on any atom is 0.261 e. The number of amides is 2. The number of imide groups is 1. The van der Waals surface area contributed by atoms with Crippen molar-refractivity contribution in [3.05, 3.63) is 35.4 Å². The third kappa shape index (κ3) is 35.6. The highest BCUT2D eigenvalue weighted by atomic mass is 16.6. The number of rotatable bonds is 53. The largest absolute Gasteiger partial charge is 0.379 e. The number of unbranched alkanes of at least 4 members (excludes halogenated alkanes) is 12. The second kappa shape index (κ2) is 46.9. The Kier molecular flexibility index (Phi) is 42.6. The fraction of sp³-hybridized carbons (Fsp3) is 0.837. The van der Waals surface area contributed by atoms with Gasteiger partial charge in [0.1, 0.15) is 0 Å². The highest BCUT2D eigenvalue weighted by Crippen LogP contribution is 2.22. The Bertz CT molecular complexity index is 1160. The first-order valence-corrected chi connectivity index (χ1v) is 24.7. The van der Waals surface area contributed by atoms with Crippen LogP contribution in [0.25, 0.3) is 0 Å². The van der Waals surface area contributed by atoms with Gasteiger partial charge >= 0.3 is 0 Å². The predicted molar refractivity (Wildman–Crippen MR) is 248 cm³/mol. The van der Waals surface area contributed by atoms with Gasteiger partial charge < -0.3 is 61.6 Å². The fourth-order valence-electron chi connectivity index (χ4n) is 6.56. The molecule has 1 aromatic rings. The number of hydrogen-bond acceptors (Lipinski definition) is 15. The molecule has 65 heavy (non-hydrogen) atoms. The molecule has 16 heteroatoms. The molecule has 0 saturated heterocycles. The predicted octanol–water partition coefficient (Wildman–Crippen LogP) is 6.59. The van der Waals surface area contributed by atoms with Gasteiger partial charge in [0.2, 0.25) is 0 Å². The minimum Gasteiger partial charge on any atom is -0.379 e. The summed E-state index contributed by atoms with van der Waals surface area (Å²) in [6.45, 7) is 15.5. The summed E-state index contributed by atoms with van der Waals surface area (Å²) >= 11 is 0. The SMILES string of the molecule is CCCCCCCCCCCCCCCOCCOCCOCCOCCOCCOCCOCCOCCOCCOCCOCCOCCOCCN1C(=O)c2ccccc2C1=O. The quantitative estimate of drug-likeness (QED) is 0.0509. The van der Waals surface area contributed by atoms with Crippen LogP contribution in [0.5, 0.6) is 0 Å². The zero-order valence-electron chi connectivity index (χ0n) is 40.2. The van der Waals surface area contributed by atoms with Gasteiger partial charge in [0.05, 0.1) is 183 Å². The van der Waals surface area contributed by atoms with Crippen LogP contribution in [0.3, 0.4) is 0 Å². The zero-order valence-corrected chi connectivity index (χ0v) is 40.2. The van der Waals surface area contributed by atoms with E-state index in [9.17, 15) is 9.59 Å². The van der Waals surface area contributed by atoms with Crippen LogP contribution < -0.4 is 0 Å². The summed E-state index contributed by atoms with van der Waals surface area (Å²) in [7, 11) is 0. The fourth-order valence-corrected chi connectivity index (χ4v) is 6.56. The molecule has 1 aromatic carbocycles. The van der Waals surface area contributed by atoms with Crippen molar-refractivity contribution >= 4 is 11.8 Å². The normalized spacial score (nSPS) is 12.6. The second-order valence-electron chi connectivity index (χ2n) is 15.5. The maximum atomic E-state index is 12.3. The maximum absolute atomic E-state index is 12.3. The Hall–Kier alpha value is -2.16. The summed E-state index contributed by atoms with van der Waals surface area (Å²) < 4.78 is 71.9. The average Bonchev–Trinajstić information content (AvgIpc) is 3.56. The highest BCUT2D eigenvalue weighted by Gasteiger charge is 2.34. The smallest absolute Gasteiger partial charge is 0.261 e. The van der Waals surface area contributed by atoms with Crippen molar-refractivity contribution in [3.8, 4) is 0 Å².